The van der Waals surface area contributed by atoms with Crippen LogP contribution in [0.25, 0.3) is 33.4 Å². The lowest BCUT2D eigenvalue weighted by atomic mass is 9.95. The van der Waals surface area contributed by atoms with Crippen LogP contribution in [0, 0.1) is 0 Å². The zero-order chi connectivity index (χ0) is 33.6. The van der Waals surface area contributed by atoms with Crippen LogP contribution < -0.4 is 14.8 Å². The molecule has 1 N–H and O–H groups in total. The van der Waals surface area contributed by atoms with E-state index in [0.29, 0.717) is 0 Å². The predicted molar refractivity (Wildman–Crippen MR) is 201 cm³/mol. The summed E-state index contributed by atoms with van der Waals surface area (Å²) in [7, 11) is 0. The molecule has 5 aliphatic heterocycles. The fourth-order valence-corrected chi connectivity index (χ4v) is 8.39. The standard InChI is InChI=1S/C45H34N4O2/c1-5-13-39-33(9-1)34-10-2-6-14-40(34)51-42-27-32(47-38-12-4-3-11-37(38)44-20-7-23-48(44)28-44)16-18-36(42)35-17-15-30(25-41(35)50-39)31-19-22-46-43(26-31)45-21-8-24-49(45)29-45/h1-20,22,24-27,47H,21,23,28-29H2/t44?,45?,48-,49?/m0/s1. The number of hydrogen-bond donors (Lipinski definition) is 1. The normalized spacial score (nSPS) is 22.7. The summed E-state index contributed by atoms with van der Waals surface area (Å²) in [6, 6.07) is 42.3. The third-order valence-electron chi connectivity index (χ3n) is 11.2. The van der Waals surface area contributed by atoms with E-state index in [1.807, 2.05) is 42.6 Å². The molecule has 0 spiro atoms. The molecule has 6 heterocycles. The molecule has 246 valence electrons. The molecule has 1 aromatic heterocycles. The second kappa shape index (κ2) is 10.7. The van der Waals surface area contributed by atoms with Crippen molar-refractivity contribution >= 4 is 11.4 Å². The number of rotatable bonds is 5. The summed E-state index contributed by atoms with van der Waals surface area (Å²) < 4.78 is 13.9. The van der Waals surface area contributed by atoms with Gasteiger partial charge in [0.05, 0.1) is 11.2 Å². The molecule has 2 saturated heterocycles. The van der Waals surface area contributed by atoms with Gasteiger partial charge in [0.2, 0.25) is 0 Å². The highest BCUT2D eigenvalue weighted by atomic mass is 16.5. The van der Waals surface area contributed by atoms with Crippen molar-refractivity contribution in [1.82, 2.24) is 14.8 Å². The maximum absolute atomic E-state index is 6.95. The van der Waals surface area contributed by atoms with E-state index in [9.17, 15) is 0 Å². The molecular formula is C45H34N4O2. The lowest BCUT2D eigenvalue weighted by molar-refractivity contribution is 0.472. The minimum Gasteiger partial charge on any atom is -0.456 e. The largest absolute Gasteiger partial charge is 0.456 e. The summed E-state index contributed by atoms with van der Waals surface area (Å²) in [4.78, 5) is 9.67. The predicted octanol–water partition coefficient (Wildman–Crippen LogP) is 10.2. The van der Waals surface area contributed by atoms with Crippen LogP contribution in [0.15, 0.2) is 152 Å². The van der Waals surface area contributed by atoms with E-state index < -0.39 is 0 Å². The number of hydrogen-bond acceptors (Lipinski definition) is 6. The first-order chi connectivity index (χ1) is 25.2. The zero-order valence-electron chi connectivity index (χ0n) is 27.9. The number of fused-ring (bicyclic) bond motifs is 8. The molecule has 0 aliphatic carbocycles. The van der Waals surface area contributed by atoms with E-state index in [0.717, 1.165) is 99.5 Å². The number of nitrogens with one attached hydrogen (secondary N) is 1. The maximum atomic E-state index is 6.95. The van der Waals surface area contributed by atoms with Gasteiger partial charge < -0.3 is 19.7 Å². The second-order valence-corrected chi connectivity index (χ2v) is 14.2. The van der Waals surface area contributed by atoms with Crippen LogP contribution in [0.3, 0.4) is 0 Å². The summed E-state index contributed by atoms with van der Waals surface area (Å²) in [6.07, 6.45) is 12.0. The number of ether oxygens (including phenoxy) is 2. The second-order valence-electron chi connectivity index (χ2n) is 14.2. The number of pyridine rings is 1. The molecule has 11 rings (SSSR count). The van der Waals surface area contributed by atoms with E-state index in [1.54, 1.807) is 0 Å². The Bertz CT molecular complexity index is 2470. The van der Waals surface area contributed by atoms with Crippen LogP contribution in [0.2, 0.25) is 0 Å². The van der Waals surface area contributed by atoms with Gasteiger partial charge in [-0.05, 0) is 78.3 Å². The molecule has 0 saturated carbocycles. The average Bonchev–Trinajstić information content (AvgIpc) is 3.96. The van der Waals surface area contributed by atoms with Crippen molar-refractivity contribution in [3.05, 3.63) is 163 Å². The number of aromatic nitrogens is 1. The molecule has 0 radical (unpaired) electrons. The fourth-order valence-electron chi connectivity index (χ4n) is 8.39. The Morgan fingerprint density at radius 1 is 0.627 bits per heavy atom. The quantitative estimate of drug-likeness (QED) is 0.146. The highest BCUT2D eigenvalue weighted by Crippen LogP contribution is 2.52. The average molecular weight is 663 g/mol. The summed E-state index contributed by atoms with van der Waals surface area (Å²) >= 11 is 0. The Balaban J connectivity index is 1.04. The first kappa shape index (κ1) is 28.7. The van der Waals surface area contributed by atoms with Crippen LogP contribution >= 0.6 is 0 Å². The van der Waals surface area contributed by atoms with Crippen molar-refractivity contribution in [2.75, 3.05) is 25.0 Å². The summed E-state index contributed by atoms with van der Waals surface area (Å²) in [5.41, 5.74) is 10.6. The van der Waals surface area contributed by atoms with Gasteiger partial charge in [0.25, 0.3) is 0 Å². The number of anilines is 2. The Morgan fingerprint density at radius 2 is 1.33 bits per heavy atom. The van der Waals surface area contributed by atoms with Crippen molar-refractivity contribution in [2.24, 2.45) is 0 Å². The highest BCUT2D eigenvalue weighted by Gasteiger charge is 2.55. The van der Waals surface area contributed by atoms with Crippen molar-refractivity contribution in [3.8, 4) is 56.4 Å². The summed E-state index contributed by atoms with van der Waals surface area (Å²) in [6.45, 7) is 3.09. The fraction of sp³-hybridized carbons (Fsp3) is 0.133. The van der Waals surface area contributed by atoms with E-state index in [2.05, 4.69) is 124 Å². The first-order valence-electron chi connectivity index (χ1n) is 17.7. The minimum absolute atomic E-state index is 0.00145. The van der Waals surface area contributed by atoms with Crippen LogP contribution in [-0.2, 0) is 11.1 Å². The van der Waals surface area contributed by atoms with E-state index in [-0.39, 0.29) is 11.1 Å². The van der Waals surface area contributed by atoms with Gasteiger partial charge in [0.15, 0.2) is 0 Å². The van der Waals surface area contributed by atoms with Crippen LogP contribution in [0.5, 0.6) is 23.0 Å². The third kappa shape index (κ3) is 4.50. The summed E-state index contributed by atoms with van der Waals surface area (Å²) in [5.74, 6) is 3.07. The molecule has 3 atom stereocenters. The van der Waals surface area contributed by atoms with Gasteiger partial charge in [0.1, 0.15) is 28.5 Å². The molecule has 2 fully saturated rings. The lowest BCUT2D eigenvalue weighted by Crippen LogP contribution is -2.11. The molecule has 6 aromatic rings. The molecule has 0 amide bonds. The van der Waals surface area contributed by atoms with E-state index in [4.69, 9.17) is 14.5 Å². The van der Waals surface area contributed by atoms with Crippen molar-refractivity contribution in [1.29, 1.82) is 0 Å². The Labute approximate surface area is 296 Å². The number of para-hydroxylation sites is 3. The molecule has 2 unspecified atom stereocenters. The zero-order valence-corrected chi connectivity index (χ0v) is 27.9. The van der Waals surface area contributed by atoms with Gasteiger partial charge in [-0.3, -0.25) is 9.88 Å². The first-order valence-corrected chi connectivity index (χ1v) is 17.7. The van der Waals surface area contributed by atoms with Crippen LogP contribution in [-0.4, -0.2) is 34.4 Å². The van der Waals surface area contributed by atoms with Crippen molar-refractivity contribution in [2.45, 2.75) is 17.5 Å². The van der Waals surface area contributed by atoms with Gasteiger partial charge in [-0.1, -0.05) is 78.9 Å². The van der Waals surface area contributed by atoms with E-state index >= 15 is 0 Å². The third-order valence-corrected chi connectivity index (χ3v) is 11.2. The lowest BCUT2D eigenvalue weighted by Gasteiger charge is -2.23. The highest BCUT2D eigenvalue weighted by molar-refractivity contribution is 5.85. The number of nitrogens with zero attached hydrogens (tertiary/aromatic N) is 3. The molecule has 0 bridgehead atoms. The van der Waals surface area contributed by atoms with Gasteiger partial charge in [-0.15, -0.1) is 0 Å². The van der Waals surface area contributed by atoms with Gasteiger partial charge in [-0.25, -0.2) is 0 Å². The number of benzene rings is 5. The minimum atomic E-state index is 0.00145. The van der Waals surface area contributed by atoms with Gasteiger partial charge >= 0.3 is 0 Å². The van der Waals surface area contributed by atoms with Crippen LogP contribution in [0.4, 0.5) is 11.4 Å². The molecule has 6 nitrogen and oxygen atoms in total. The molecule has 5 aliphatic rings. The van der Waals surface area contributed by atoms with Gasteiger partial charge in [0, 0.05) is 71.1 Å². The Kier molecular flexibility index (Phi) is 6.02. The van der Waals surface area contributed by atoms with Crippen LogP contribution in [0.1, 0.15) is 17.7 Å². The molecular weight excluding hydrogens is 629 g/mol. The molecule has 51 heavy (non-hydrogen) atoms. The van der Waals surface area contributed by atoms with E-state index in [1.165, 1.54) is 5.56 Å². The molecule has 5 aromatic carbocycles. The van der Waals surface area contributed by atoms with Crippen molar-refractivity contribution in [3.63, 3.8) is 0 Å². The topological polar surface area (TPSA) is 49.4 Å². The van der Waals surface area contributed by atoms with Crippen molar-refractivity contribution < 1.29 is 9.47 Å². The Morgan fingerprint density at radius 3 is 2.06 bits per heavy atom. The van der Waals surface area contributed by atoms with Gasteiger partial charge in [-0.2, -0.15) is 0 Å². The maximum Gasteiger partial charge on any atom is 0.137 e. The SMILES string of the molecule is C1=CC2(c3ccccc3Nc3ccc4c(c3)Oc3ccccc3-c3ccccc3Oc3cc(-c5ccnc(C67CC=CN6C7)c5)ccc3-4)C[N@]2C1. The monoisotopic (exact) mass is 662 g/mol. The Hall–Kier alpha value is -6.11. The smallest absolute Gasteiger partial charge is 0.137 e. The molecule has 6 heteroatoms. The summed E-state index contributed by atoms with van der Waals surface area (Å²) in [5, 5.41) is 3.76.